The second-order valence-corrected chi connectivity index (χ2v) is 14.0. The molecule has 0 spiro atoms. The summed E-state index contributed by atoms with van der Waals surface area (Å²) in [6.45, 7) is 11.0. The van der Waals surface area contributed by atoms with Crippen LogP contribution in [0.3, 0.4) is 0 Å². The summed E-state index contributed by atoms with van der Waals surface area (Å²) in [4.78, 5) is 11.3. The Morgan fingerprint density at radius 3 is 1.78 bits per heavy atom. The zero-order valence-corrected chi connectivity index (χ0v) is 17.7. The van der Waals surface area contributed by atoms with E-state index in [-0.39, 0.29) is 11.3 Å². The minimum absolute atomic E-state index is 0.130. The average molecular weight is 344 g/mol. The van der Waals surface area contributed by atoms with Gasteiger partial charge in [0.1, 0.15) is 8.24 Å². The highest BCUT2D eigenvalue weighted by Gasteiger charge is 2.30. The van der Waals surface area contributed by atoms with Gasteiger partial charge in [0, 0.05) is 0 Å². The molecule has 0 aromatic carbocycles. The Kier molecular flexibility index (Phi) is 10.3. The van der Waals surface area contributed by atoms with Crippen molar-refractivity contribution < 1.29 is 9.90 Å². The first-order valence-electron chi connectivity index (χ1n) is 9.38. The molecule has 0 rings (SSSR count). The van der Waals surface area contributed by atoms with Gasteiger partial charge in [-0.05, 0) is 32.0 Å². The maximum Gasteiger partial charge on any atom is 0.307 e. The molecule has 0 aromatic heterocycles. The molecule has 0 saturated heterocycles. The molecule has 1 unspecified atom stereocenters. The molecule has 4 heteroatoms. The van der Waals surface area contributed by atoms with E-state index in [1.807, 2.05) is 20.8 Å². The topological polar surface area (TPSA) is 40.5 Å². The number of unbranched alkanes of at least 4 members (excludes halogenated alkanes) is 6. The van der Waals surface area contributed by atoms with Crippen LogP contribution in [0.25, 0.3) is 0 Å². The fourth-order valence-electron chi connectivity index (χ4n) is 2.94. The standard InChI is InChI=1S/C19H41NO2Si/c1-19(2,3)17(18(21)22)15-13-11-9-8-10-12-14-16-23(6,7)20(4)5/h17H,8-16H2,1-7H3,(H,21,22). The van der Waals surface area contributed by atoms with Crippen LogP contribution in [0.2, 0.25) is 19.1 Å². The molecule has 0 heterocycles. The van der Waals surface area contributed by atoms with Crippen molar-refractivity contribution in [2.75, 3.05) is 14.1 Å². The van der Waals surface area contributed by atoms with Gasteiger partial charge in [-0.3, -0.25) is 4.79 Å². The van der Waals surface area contributed by atoms with Crippen molar-refractivity contribution in [1.82, 2.24) is 4.57 Å². The molecule has 0 radical (unpaired) electrons. The summed E-state index contributed by atoms with van der Waals surface area (Å²) in [6.07, 6.45) is 9.66. The summed E-state index contributed by atoms with van der Waals surface area (Å²) in [5, 5.41) is 9.31. The largest absolute Gasteiger partial charge is 0.481 e. The number of carboxylic acids is 1. The Balaban J connectivity index is 3.66. The van der Waals surface area contributed by atoms with Gasteiger partial charge >= 0.3 is 5.97 Å². The highest BCUT2D eigenvalue weighted by atomic mass is 28.3. The number of rotatable bonds is 12. The Hall–Kier alpha value is -0.353. The van der Waals surface area contributed by atoms with E-state index >= 15 is 0 Å². The minimum Gasteiger partial charge on any atom is -0.481 e. The van der Waals surface area contributed by atoms with E-state index in [1.165, 1.54) is 44.6 Å². The normalized spacial score (nSPS) is 14.3. The Morgan fingerprint density at radius 2 is 1.39 bits per heavy atom. The summed E-state index contributed by atoms with van der Waals surface area (Å²) in [5.41, 5.74) is -0.130. The predicted molar refractivity (Wildman–Crippen MR) is 103 cm³/mol. The highest BCUT2D eigenvalue weighted by Crippen LogP contribution is 2.30. The van der Waals surface area contributed by atoms with E-state index in [0.29, 0.717) is 0 Å². The third kappa shape index (κ3) is 10.2. The predicted octanol–water partition coefficient (Wildman–Crippen LogP) is 5.62. The van der Waals surface area contributed by atoms with Crippen molar-refractivity contribution in [3.05, 3.63) is 0 Å². The summed E-state index contributed by atoms with van der Waals surface area (Å²) in [7, 11) is 3.31. The molecular formula is C19H41NO2Si. The van der Waals surface area contributed by atoms with Gasteiger partial charge in [0.25, 0.3) is 0 Å². The SMILES string of the molecule is CN(C)[Si](C)(C)CCCCCCCCCC(C(=O)O)C(C)(C)C. The van der Waals surface area contributed by atoms with E-state index in [4.69, 9.17) is 0 Å². The van der Waals surface area contributed by atoms with Crippen LogP contribution in [0, 0.1) is 11.3 Å². The van der Waals surface area contributed by atoms with Gasteiger partial charge < -0.3 is 9.67 Å². The Labute approximate surface area is 145 Å². The summed E-state index contributed by atoms with van der Waals surface area (Å²) in [5.74, 6) is -0.842. The number of hydrogen-bond acceptors (Lipinski definition) is 2. The Morgan fingerprint density at radius 1 is 0.957 bits per heavy atom. The lowest BCUT2D eigenvalue weighted by Crippen LogP contribution is -2.43. The first-order valence-corrected chi connectivity index (χ1v) is 12.5. The maximum absolute atomic E-state index is 11.3. The van der Waals surface area contributed by atoms with Crippen molar-refractivity contribution in [2.45, 2.75) is 91.3 Å². The van der Waals surface area contributed by atoms with Crippen LogP contribution < -0.4 is 0 Å². The number of nitrogens with zero attached hydrogens (tertiary/aromatic N) is 1. The van der Waals surface area contributed by atoms with Crippen molar-refractivity contribution in [2.24, 2.45) is 11.3 Å². The molecule has 1 N–H and O–H groups in total. The van der Waals surface area contributed by atoms with Crippen LogP contribution in [-0.2, 0) is 4.79 Å². The molecule has 0 aromatic rings. The van der Waals surface area contributed by atoms with E-state index in [0.717, 1.165) is 12.8 Å². The molecule has 0 amide bonds. The van der Waals surface area contributed by atoms with Gasteiger partial charge in [0.05, 0.1) is 5.92 Å². The van der Waals surface area contributed by atoms with Crippen LogP contribution in [0.4, 0.5) is 0 Å². The van der Waals surface area contributed by atoms with Crippen LogP contribution in [0.1, 0.15) is 72.1 Å². The van der Waals surface area contributed by atoms with Crippen LogP contribution in [0.15, 0.2) is 0 Å². The van der Waals surface area contributed by atoms with Crippen molar-refractivity contribution in [1.29, 1.82) is 0 Å². The molecule has 138 valence electrons. The van der Waals surface area contributed by atoms with Gasteiger partial charge in [0.2, 0.25) is 0 Å². The van der Waals surface area contributed by atoms with Crippen molar-refractivity contribution in [3.8, 4) is 0 Å². The van der Waals surface area contributed by atoms with Crippen molar-refractivity contribution >= 4 is 14.2 Å². The number of carboxylic acid groups (broad SMARTS) is 1. The second kappa shape index (κ2) is 10.5. The number of aliphatic carboxylic acids is 1. The molecule has 1 atom stereocenters. The van der Waals surface area contributed by atoms with Gasteiger partial charge in [-0.2, -0.15) is 0 Å². The smallest absolute Gasteiger partial charge is 0.307 e. The number of carbonyl (C=O) groups is 1. The number of hydrogen-bond donors (Lipinski definition) is 1. The zero-order valence-electron chi connectivity index (χ0n) is 16.7. The molecule has 0 bridgehead atoms. The van der Waals surface area contributed by atoms with E-state index in [2.05, 4.69) is 31.8 Å². The quantitative estimate of drug-likeness (QED) is 0.369. The third-order valence-electron chi connectivity index (χ3n) is 5.34. The van der Waals surface area contributed by atoms with Gasteiger partial charge in [-0.15, -0.1) is 0 Å². The van der Waals surface area contributed by atoms with Gasteiger partial charge in [-0.25, -0.2) is 0 Å². The zero-order chi connectivity index (χ0) is 18.1. The van der Waals surface area contributed by atoms with Crippen molar-refractivity contribution in [3.63, 3.8) is 0 Å². The first kappa shape index (κ1) is 22.6. The monoisotopic (exact) mass is 343 g/mol. The van der Waals surface area contributed by atoms with Crippen LogP contribution in [-0.4, -0.2) is 38.0 Å². The maximum atomic E-state index is 11.3. The minimum atomic E-state index is -1.13. The van der Waals surface area contributed by atoms with E-state index < -0.39 is 14.2 Å². The lowest BCUT2D eigenvalue weighted by atomic mass is 9.78. The third-order valence-corrected chi connectivity index (χ3v) is 9.33. The molecule has 3 nitrogen and oxygen atoms in total. The van der Waals surface area contributed by atoms with Crippen LogP contribution in [0.5, 0.6) is 0 Å². The molecule has 0 aliphatic heterocycles. The summed E-state index contributed by atoms with van der Waals surface area (Å²) >= 11 is 0. The highest BCUT2D eigenvalue weighted by molar-refractivity contribution is 6.74. The van der Waals surface area contributed by atoms with Crippen LogP contribution >= 0.6 is 0 Å². The molecule has 0 fully saturated rings. The lowest BCUT2D eigenvalue weighted by molar-refractivity contribution is -0.145. The molecule has 0 aliphatic rings. The Bertz CT molecular complexity index is 335. The van der Waals surface area contributed by atoms with Gasteiger partial charge in [-0.1, -0.05) is 78.8 Å². The summed E-state index contributed by atoms with van der Waals surface area (Å²) in [6, 6.07) is 1.39. The van der Waals surface area contributed by atoms with Gasteiger partial charge in [0.15, 0.2) is 0 Å². The summed E-state index contributed by atoms with van der Waals surface area (Å²) < 4.78 is 2.45. The fourth-order valence-corrected chi connectivity index (χ4v) is 4.50. The molecule has 0 aliphatic carbocycles. The molecular weight excluding hydrogens is 302 g/mol. The average Bonchev–Trinajstić information content (AvgIpc) is 2.38. The fraction of sp³-hybridized carbons (Fsp3) is 0.947. The van der Waals surface area contributed by atoms with E-state index in [9.17, 15) is 9.90 Å². The molecule has 0 saturated carbocycles. The molecule has 23 heavy (non-hydrogen) atoms. The first-order chi connectivity index (χ1) is 10.5. The lowest BCUT2D eigenvalue weighted by Gasteiger charge is -2.30. The second-order valence-electron chi connectivity index (χ2n) is 8.98. The van der Waals surface area contributed by atoms with E-state index in [1.54, 1.807) is 0 Å².